The van der Waals surface area contributed by atoms with Crippen LogP contribution in [0.4, 0.5) is 19.0 Å². The fraction of sp³-hybridized carbons (Fsp3) is 0.379. The van der Waals surface area contributed by atoms with E-state index in [9.17, 15) is 23.1 Å². The van der Waals surface area contributed by atoms with Crippen molar-refractivity contribution in [1.29, 1.82) is 0 Å². The summed E-state index contributed by atoms with van der Waals surface area (Å²) in [6, 6.07) is 13.0. The number of carbonyl (C=O) groups is 1. The molecule has 2 aliphatic carbocycles. The molecule has 0 radical (unpaired) electrons. The van der Waals surface area contributed by atoms with Gasteiger partial charge in [-0.3, -0.25) is 0 Å². The molecule has 4 aromatic rings. The summed E-state index contributed by atoms with van der Waals surface area (Å²) >= 11 is 0. The number of aromatic carboxylic acids is 1. The number of imidazole rings is 1. The fourth-order valence-electron chi connectivity index (χ4n) is 5.53. The number of aromatic nitrogens is 4. The summed E-state index contributed by atoms with van der Waals surface area (Å²) in [5.41, 5.74) is 2.56. The molecule has 7 nitrogen and oxygen atoms in total. The van der Waals surface area contributed by atoms with E-state index in [2.05, 4.69) is 14.9 Å². The van der Waals surface area contributed by atoms with Crippen molar-refractivity contribution < 1.29 is 23.1 Å². The Morgan fingerprint density at radius 1 is 1.05 bits per heavy atom. The molecule has 2 fully saturated rings. The molecule has 2 aromatic heterocycles. The maximum Gasteiger partial charge on any atom is 0.416 e. The number of halogens is 3. The molecule has 6 rings (SSSR count). The number of anilines is 1. The zero-order valence-corrected chi connectivity index (χ0v) is 21.6. The number of carboxylic acid groups (broad SMARTS) is 1. The number of carboxylic acids is 1. The van der Waals surface area contributed by atoms with Gasteiger partial charge < -0.3 is 14.6 Å². The fourth-order valence-corrected chi connectivity index (χ4v) is 5.53. The largest absolute Gasteiger partial charge is 0.475 e. The molecule has 10 heteroatoms. The van der Waals surface area contributed by atoms with Gasteiger partial charge >= 0.3 is 12.1 Å². The molecular weight excluding hydrogens is 507 g/mol. The van der Waals surface area contributed by atoms with Gasteiger partial charge in [-0.25, -0.2) is 19.7 Å². The van der Waals surface area contributed by atoms with Crippen LogP contribution in [0.1, 0.15) is 53.0 Å². The van der Waals surface area contributed by atoms with E-state index in [-0.39, 0.29) is 24.1 Å². The van der Waals surface area contributed by atoms with Crippen LogP contribution in [0.25, 0.3) is 22.6 Å². The van der Waals surface area contributed by atoms with Gasteiger partial charge in [0.15, 0.2) is 11.5 Å². The number of nitrogens with zero attached hydrogens (tertiary/aromatic N) is 5. The van der Waals surface area contributed by atoms with E-state index in [1.807, 2.05) is 42.8 Å². The molecular formula is C29H28F3N5O2. The molecule has 0 aliphatic heterocycles. The van der Waals surface area contributed by atoms with Gasteiger partial charge in [0, 0.05) is 25.2 Å². The Morgan fingerprint density at radius 2 is 1.72 bits per heavy atom. The van der Waals surface area contributed by atoms with E-state index in [4.69, 9.17) is 4.98 Å². The lowest BCUT2D eigenvalue weighted by Crippen LogP contribution is -2.36. The van der Waals surface area contributed by atoms with Crippen molar-refractivity contribution in [3.8, 4) is 11.4 Å². The van der Waals surface area contributed by atoms with Crippen molar-refractivity contribution in [3.63, 3.8) is 0 Å². The van der Waals surface area contributed by atoms with Crippen molar-refractivity contribution in [3.05, 3.63) is 71.0 Å². The van der Waals surface area contributed by atoms with Crippen molar-refractivity contribution in [2.45, 2.75) is 51.4 Å². The zero-order chi connectivity index (χ0) is 27.5. The first-order chi connectivity index (χ1) is 18.6. The number of aryl methyl sites for hydroxylation is 1. The lowest BCUT2D eigenvalue weighted by Gasteiger charge is -2.30. The lowest BCUT2D eigenvalue weighted by molar-refractivity contribution is -0.137. The average Bonchev–Trinajstić information content (AvgIpc) is 3.83. The normalized spacial score (nSPS) is 15.7. The van der Waals surface area contributed by atoms with E-state index in [0.29, 0.717) is 34.6 Å². The summed E-state index contributed by atoms with van der Waals surface area (Å²) in [6.07, 6.45) is 0.0933. The molecule has 0 amide bonds. The van der Waals surface area contributed by atoms with Gasteiger partial charge in [0.2, 0.25) is 5.82 Å². The van der Waals surface area contributed by atoms with Gasteiger partial charge in [0.05, 0.1) is 5.56 Å². The highest BCUT2D eigenvalue weighted by molar-refractivity contribution is 5.92. The SMILES string of the molecule is Cc1cccc(-c2nc3nc(C(=O)O)nc(N(C)C(C4CC4)C4CC4)c3n2Cc2ccc(C(F)(F)F)cc2)c1. The minimum absolute atomic E-state index is 0.214. The summed E-state index contributed by atoms with van der Waals surface area (Å²) in [7, 11) is 1.95. The van der Waals surface area contributed by atoms with E-state index in [1.165, 1.54) is 12.1 Å². The highest BCUT2D eigenvalue weighted by Gasteiger charge is 2.45. The highest BCUT2D eigenvalue weighted by Crippen LogP contribution is 2.48. The number of rotatable bonds is 8. The molecule has 202 valence electrons. The first-order valence-corrected chi connectivity index (χ1v) is 13.1. The Balaban J connectivity index is 1.55. The second kappa shape index (κ2) is 9.36. The van der Waals surface area contributed by atoms with E-state index < -0.39 is 17.7 Å². The quantitative estimate of drug-likeness (QED) is 0.290. The highest BCUT2D eigenvalue weighted by atomic mass is 19.4. The predicted molar refractivity (Wildman–Crippen MR) is 141 cm³/mol. The Labute approximate surface area is 223 Å². The van der Waals surface area contributed by atoms with Gasteiger partial charge in [0.25, 0.3) is 0 Å². The smallest absolute Gasteiger partial charge is 0.416 e. The Hall–Kier alpha value is -3.95. The predicted octanol–water partition coefficient (Wildman–Crippen LogP) is 6.19. The summed E-state index contributed by atoms with van der Waals surface area (Å²) in [5, 5.41) is 9.82. The maximum absolute atomic E-state index is 13.2. The van der Waals surface area contributed by atoms with Crippen LogP contribution in [0.15, 0.2) is 48.5 Å². The molecule has 0 bridgehead atoms. The van der Waals surface area contributed by atoms with Crippen LogP contribution < -0.4 is 4.90 Å². The maximum atomic E-state index is 13.2. The first-order valence-electron chi connectivity index (χ1n) is 13.1. The first kappa shape index (κ1) is 25.3. The van der Waals surface area contributed by atoms with Crippen molar-refractivity contribution >= 4 is 23.0 Å². The minimum Gasteiger partial charge on any atom is -0.475 e. The molecule has 0 spiro atoms. The molecule has 2 saturated carbocycles. The van der Waals surface area contributed by atoms with Crippen LogP contribution in [0, 0.1) is 18.8 Å². The Morgan fingerprint density at radius 3 is 2.28 bits per heavy atom. The van der Waals surface area contributed by atoms with Crippen molar-refractivity contribution in [2.24, 2.45) is 11.8 Å². The molecule has 1 N–H and O–H groups in total. The van der Waals surface area contributed by atoms with E-state index in [1.54, 1.807) is 0 Å². The van der Waals surface area contributed by atoms with Crippen LogP contribution in [-0.4, -0.2) is 43.7 Å². The summed E-state index contributed by atoms with van der Waals surface area (Å²) in [4.78, 5) is 27.7. The van der Waals surface area contributed by atoms with Crippen LogP contribution in [0.3, 0.4) is 0 Å². The topological polar surface area (TPSA) is 84.1 Å². The minimum atomic E-state index is -4.43. The molecule has 0 unspecified atom stereocenters. The van der Waals surface area contributed by atoms with E-state index in [0.717, 1.165) is 48.9 Å². The Kier molecular flexibility index (Phi) is 6.08. The summed E-state index contributed by atoms with van der Waals surface area (Å²) in [6.45, 7) is 2.18. The molecule has 2 aromatic carbocycles. The van der Waals surface area contributed by atoms with Gasteiger partial charge in [-0.1, -0.05) is 35.9 Å². The summed E-state index contributed by atoms with van der Waals surface area (Å²) < 4.78 is 41.5. The zero-order valence-electron chi connectivity index (χ0n) is 21.6. The van der Waals surface area contributed by atoms with Crippen molar-refractivity contribution in [1.82, 2.24) is 19.5 Å². The number of alkyl halides is 3. The van der Waals surface area contributed by atoms with Crippen molar-refractivity contribution in [2.75, 3.05) is 11.9 Å². The van der Waals surface area contributed by atoms with E-state index >= 15 is 0 Å². The molecule has 39 heavy (non-hydrogen) atoms. The standard InChI is InChI=1S/C29H28F3N5O2/c1-16-4-3-5-20(14-16)26-34-24-23(37(26)15-17-6-12-21(13-7-17)29(30,31)32)27(35-25(33-24)28(38)39)36(2)22(18-8-9-18)19-10-11-19/h3-7,12-14,18-19,22H,8-11,15H2,1-2H3,(H,38,39). The third-order valence-electron chi connectivity index (χ3n) is 7.67. The van der Waals surface area contributed by atoms with Crippen LogP contribution in [-0.2, 0) is 12.7 Å². The average molecular weight is 536 g/mol. The second-order valence-corrected chi connectivity index (χ2v) is 10.7. The summed E-state index contributed by atoms with van der Waals surface area (Å²) in [5.74, 6) is 0.528. The monoisotopic (exact) mass is 535 g/mol. The van der Waals surface area contributed by atoms with Gasteiger partial charge in [-0.2, -0.15) is 13.2 Å². The third-order valence-corrected chi connectivity index (χ3v) is 7.67. The lowest BCUT2D eigenvalue weighted by atomic mass is 10.1. The third kappa shape index (κ3) is 4.95. The van der Waals surface area contributed by atoms with Crippen LogP contribution in [0.2, 0.25) is 0 Å². The molecule has 0 atom stereocenters. The van der Waals surface area contributed by atoms with Gasteiger partial charge in [-0.05, 0) is 68.2 Å². The molecule has 2 heterocycles. The molecule has 0 saturated heterocycles. The number of hydrogen-bond acceptors (Lipinski definition) is 5. The Bertz CT molecular complexity index is 1540. The van der Waals surface area contributed by atoms with Gasteiger partial charge in [-0.15, -0.1) is 0 Å². The van der Waals surface area contributed by atoms with Crippen LogP contribution in [0.5, 0.6) is 0 Å². The van der Waals surface area contributed by atoms with Crippen LogP contribution >= 0.6 is 0 Å². The van der Waals surface area contributed by atoms with Gasteiger partial charge in [0.1, 0.15) is 11.3 Å². The number of hydrogen-bond donors (Lipinski definition) is 1. The molecule has 2 aliphatic rings. The number of benzene rings is 2. The number of fused-ring (bicyclic) bond motifs is 1. The second-order valence-electron chi connectivity index (χ2n) is 10.7.